The molecule has 0 unspecified atom stereocenters. The van der Waals surface area contributed by atoms with E-state index in [9.17, 15) is 0 Å². The Morgan fingerprint density at radius 3 is 1.67 bits per heavy atom. The molecule has 0 aromatic carbocycles. The van der Waals surface area contributed by atoms with E-state index in [-0.39, 0.29) is 0 Å². The van der Waals surface area contributed by atoms with Gasteiger partial charge in [0.25, 0.3) is 0 Å². The van der Waals surface area contributed by atoms with Crippen molar-refractivity contribution in [2.24, 2.45) is 0 Å². The van der Waals surface area contributed by atoms with Crippen molar-refractivity contribution in [2.75, 3.05) is 0 Å². The number of hydrogen-bond acceptors (Lipinski definition) is 3. The fourth-order valence-electron chi connectivity index (χ4n) is 0.676. The number of thiol groups is 2. The molecule has 0 saturated heterocycles. The molecule has 0 amide bonds. The summed E-state index contributed by atoms with van der Waals surface area (Å²) in [4.78, 5) is 0. The molecule has 3 heteroatoms. The SMILES string of the molecule is SSS.c1cc2cc-2c1. The molecular weight excluding hydrogens is 168 g/mol. The topological polar surface area (TPSA) is 0 Å². The minimum Gasteiger partial charge on any atom is -0.1000 e. The first-order valence-corrected chi connectivity index (χ1v) is 5.36. The van der Waals surface area contributed by atoms with Gasteiger partial charge in [0.2, 0.25) is 0 Å². The van der Waals surface area contributed by atoms with Gasteiger partial charge in [-0.2, -0.15) is 0 Å². The first-order valence-electron chi connectivity index (χ1n) is 2.44. The summed E-state index contributed by atoms with van der Waals surface area (Å²) in [5, 5.41) is 0. The molecule has 0 aromatic heterocycles. The van der Waals surface area contributed by atoms with Crippen LogP contribution in [0.4, 0.5) is 0 Å². The minimum atomic E-state index is 1.14. The van der Waals surface area contributed by atoms with E-state index in [2.05, 4.69) is 47.6 Å². The van der Waals surface area contributed by atoms with Crippen LogP contribution in [-0.2, 0) is 0 Å². The van der Waals surface area contributed by atoms with Crippen molar-refractivity contribution in [2.45, 2.75) is 0 Å². The van der Waals surface area contributed by atoms with Crippen molar-refractivity contribution < 1.29 is 0 Å². The maximum Gasteiger partial charge on any atom is -0.0178 e. The third-order valence-electron chi connectivity index (χ3n) is 1.11. The molecule has 2 aliphatic carbocycles. The second kappa shape index (κ2) is 3.44. The normalized spacial score (nSPS) is 9.56. The zero-order valence-corrected chi connectivity index (χ0v) is 7.22. The number of rotatable bonds is 0. The lowest BCUT2D eigenvalue weighted by atomic mass is 10.6. The fourth-order valence-corrected chi connectivity index (χ4v) is 0.676. The quantitative estimate of drug-likeness (QED) is 0.457. The second-order valence-corrected chi connectivity index (χ2v) is 3.79. The first-order chi connectivity index (χ1) is 4.38. The van der Waals surface area contributed by atoms with Gasteiger partial charge in [0.05, 0.1) is 0 Å². The van der Waals surface area contributed by atoms with Crippen LogP contribution in [0.25, 0.3) is 11.1 Å². The summed E-state index contributed by atoms with van der Waals surface area (Å²) in [6.07, 6.45) is 0. The van der Waals surface area contributed by atoms with Gasteiger partial charge in [0.15, 0.2) is 0 Å². The van der Waals surface area contributed by atoms with Crippen LogP contribution in [0, 0.1) is 0 Å². The summed E-state index contributed by atoms with van der Waals surface area (Å²) < 4.78 is 0. The van der Waals surface area contributed by atoms with E-state index in [0.717, 1.165) is 9.83 Å². The maximum absolute atomic E-state index is 3.57. The summed E-state index contributed by atoms with van der Waals surface area (Å²) in [6.45, 7) is 0. The van der Waals surface area contributed by atoms with Crippen molar-refractivity contribution in [3.63, 3.8) is 0 Å². The molecule has 0 heterocycles. The highest BCUT2D eigenvalue weighted by atomic mass is 33.5. The molecule has 48 valence electrons. The van der Waals surface area contributed by atoms with E-state index < -0.39 is 0 Å². The molecule has 0 aliphatic heterocycles. The van der Waals surface area contributed by atoms with Gasteiger partial charge in [-0.1, -0.05) is 41.5 Å². The van der Waals surface area contributed by atoms with Crippen molar-refractivity contribution in [1.29, 1.82) is 0 Å². The Hall–Kier alpha value is 0.270. The van der Waals surface area contributed by atoms with E-state index in [0.29, 0.717) is 0 Å². The smallest absolute Gasteiger partial charge is 0.0178 e. The number of benzene rings is 1. The second-order valence-electron chi connectivity index (χ2n) is 1.66. The van der Waals surface area contributed by atoms with Crippen LogP contribution in [0.15, 0.2) is 24.3 Å². The van der Waals surface area contributed by atoms with Gasteiger partial charge in [0.1, 0.15) is 0 Å². The van der Waals surface area contributed by atoms with Gasteiger partial charge >= 0.3 is 0 Å². The highest BCUT2D eigenvalue weighted by Gasteiger charge is 2.06. The van der Waals surface area contributed by atoms with Crippen LogP contribution in [0.3, 0.4) is 0 Å². The number of fused-ring (bicyclic) bond motifs is 1. The highest BCUT2D eigenvalue weighted by molar-refractivity contribution is 9.01. The Labute approximate surface area is 68.7 Å². The third-order valence-corrected chi connectivity index (χ3v) is 1.11. The van der Waals surface area contributed by atoms with Gasteiger partial charge in [-0.25, -0.2) is 0 Å². The lowest BCUT2D eigenvalue weighted by molar-refractivity contribution is 2.01. The Balaban J connectivity index is 0.000000120. The third kappa shape index (κ3) is 2.16. The molecule has 0 nitrogen and oxygen atoms in total. The lowest BCUT2D eigenvalue weighted by Gasteiger charge is -1.48. The van der Waals surface area contributed by atoms with Crippen molar-refractivity contribution >= 4 is 33.1 Å². The van der Waals surface area contributed by atoms with Crippen LogP contribution < -0.4 is 0 Å². The van der Waals surface area contributed by atoms with Gasteiger partial charge in [-0.05, 0) is 27.0 Å². The zero-order valence-electron chi connectivity index (χ0n) is 4.61. The van der Waals surface area contributed by atoms with Gasteiger partial charge in [0, 0.05) is 0 Å². The Morgan fingerprint density at radius 1 is 1.11 bits per heavy atom. The van der Waals surface area contributed by atoms with Crippen LogP contribution in [-0.4, -0.2) is 0 Å². The summed E-state index contributed by atoms with van der Waals surface area (Å²) in [5.41, 5.74) is 2.85. The molecule has 0 radical (unpaired) electrons. The maximum atomic E-state index is 3.57. The van der Waals surface area contributed by atoms with Crippen LogP contribution in [0.2, 0.25) is 0 Å². The predicted molar refractivity (Wildman–Crippen MR) is 51.0 cm³/mol. The van der Waals surface area contributed by atoms with E-state index in [1.54, 1.807) is 0 Å². The summed E-state index contributed by atoms with van der Waals surface area (Å²) in [6, 6.07) is 8.48. The average Bonchev–Trinajstić information content (AvgIpc) is 2.43. The standard InChI is InChI=1S/C6H4.H2S3/c1-2-5-4-6(5)3-1;1-3-2/h1-4H;1-2H. The Bertz CT molecular complexity index is 180. The van der Waals surface area contributed by atoms with Crippen LogP contribution in [0.5, 0.6) is 0 Å². The van der Waals surface area contributed by atoms with Gasteiger partial charge in [-0.15, -0.1) is 0 Å². The molecule has 0 atom stereocenters. The average molecular weight is 174 g/mol. The molecular formula is C6H6S3. The van der Waals surface area contributed by atoms with Gasteiger partial charge in [-0.3, -0.25) is 0 Å². The molecule has 2 rings (SSSR count). The molecule has 0 aromatic rings. The molecule has 2 aliphatic rings. The molecule has 9 heavy (non-hydrogen) atoms. The summed E-state index contributed by atoms with van der Waals surface area (Å²) in [5.74, 6) is 0. The fraction of sp³-hybridized carbons (Fsp3) is 0. The predicted octanol–water partition coefficient (Wildman–Crippen LogP) is 3.08. The van der Waals surface area contributed by atoms with Crippen LogP contribution in [0.1, 0.15) is 0 Å². The van der Waals surface area contributed by atoms with E-state index in [4.69, 9.17) is 0 Å². The molecule has 0 N–H and O–H groups in total. The lowest BCUT2D eigenvalue weighted by Crippen LogP contribution is -1.23. The zero-order chi connectivity index (χ0) is 6.69. The minimum absolute atomic E-state index is 1.14. The Morgan fingerprint density at radius 2 is 1.56 bits per heavy atom. The van der Waals surface area contributed by atoms with Gasteiger partial charge < -0.3 is 0 Å². The molecule has 0 saturated carbocycles. The Kier molecular flexibility index (Phi) is 2.82. The summed E-state index contributed by atoms with van der Waals surface area (Å²) >= 11 is 7.14. The molecule has 0 spiro atoms. The molecule has 0 fully saturated rings. The van der Waals surface area contributed by atoms with Crippen molar-refractivity contribution in [1.82, 2.24) is 0 Å². The first kappa shape index (κ1) is 7.38. The largest absolute Gasteiger partial charge is 0.1000 e. The van der Waals surface area contributed by atoms with E-state index in [1.807, 2.05) is 0 Å². The van der Waals surface area contributed by atoms with E-state index >= 15 is 0 Å². The van der Waals surface area contributed by atoms with E-state index in [1.165, 1.54) is 11.1 Å². The number of hydrogen-bond donors (Lipinski definition) is 2. The summed E-state index contributed by atoms with van der Waals surface area (Å²) in [7, 11) is 1.14. The molecule has 0 bridgehead atoms. The highest BCUT2D eigenvalue weighted by Crippen LogP contribution is 2.32. The van der Waals surface area contributed by atoms with Crippen LogP contribution >= 0.6 is 33.1 Å². The van der Waals surface area contributed by atoms with Crippen molar-refractivity contribution in [3.8, 4) is 11.1 Å². The monoisotopic (exact) mass is 174 g/mol. The van der Waals surface area contributed by atoms with Crippen molar-refractivity contribution in [3.05, 3.63) is 24.3 Å².